The highest BCUT2D eigenvalue weighted by Gasteiger charge is 2.36. The van der Waals surface area contributed by atoms with Gasteiger partial charge in [0.15, 0.2) is 0 Å². The van der Waals surface area contributed by atoms with Crippen LogP contribution in [0.15, 0.2) is 48.5 Å². The Morgan fingerprint density at radius 2 is 1.66 bits per heavy atom. The number of anilines is 2. The Hall–Kier alpha value is -2.93. The zero-order chi connectivity index (χ0) is 20.9. The molecule has 0 atom stereocenters. The third-order valence-corrected chi connectivity index (χ3v) is 5.53. The number of carbonyl (C=O) groups excluding carboxylic acids is 2. The van der Waals surface area contributed by atoms with Gasteiger partial charge in [0, 0.05) is 29.0 Å². The second-order valence-electron chi connectivity index (χ2n) is 7.68. The summed E-state index contributed by atoms with van der Waals surface area (Å²) in [4.78, 5) is 27.0. The Morgan fingerprint density at radius 3 is 2.31 bits per heavy atom. The van der Waals surface area contributed by atoms with Gasteiger partial charge in [-0.1, -0.05) is 25.0 Å². The van der Waals surface area contributed by atoms with Gasteiger partial charge in [0.1, 0.15) is 5.82 Å². The molecule has 0 heterocycles. The Bertz CT molecular complexity index is 879. The van der Waals surface area contributed by atoms with E-state index in [9.17, 15) is 14.0 Å². The average molecular weight is 398 g/mol. The number of likely N-dealkylation sites (N-methyl/N-ethyl adjacent to an activating group) is 1. The molecule has 1 aliphatic carbocycles. The summed E-state index contributed by atoms with van der Waals surface area (Å²) in [6.07, 6.45) is 4.47. The number of hydrogen-bond donors (Lipinski definition) is 3. The maximum atomic E-state index is 13.3. The molecule has 29 heavy (non-hydrogen) atoms. The maximum Gasteiger partial charge on any atom is 0.319 e. The van der Waals surface area contributed by atoms with E-state index in [0.717, 1.165) is 12.8 Å². The molecule has 0 unspecified atom stereocenters. The molecule has 154 valence electrons. The van der Waals surface area contributed by atoms with Crippen molar-refractivity contribution in [2.75, 3.05) is 31.3 Å². The topological polar surface area (TPSA) is 73.5 Å². The summed E-state index contributed by atoms with van der Waals surface area (Å²) < 4.78 is 13.3. The molecule has 1 saturated carbocycles. The number of urea groups is 1. The van der Waals surface area contributed by atoms with Crippen molar-refractivity contribution in [2.24, 2.45) is 0 Å². The number of nitrogens with zero attached hydrogens (tertiary/aromatic N) is 1. The molecule has 7 heteroatoms. The van der Waals surface area contributed by atoms with Crippen LogP contribution < -0.4 is 16.0 Å². The number of amides is 3. The number of rotatable bonds is 6. The average Bonchev–Trinajstić information content (AvgIpc) is 3.17. The van der Waals surface area contributed by atoms with E-state index in [-0.39, 0.29) is 17.5 Å². The first-order valence-electron chi connectivity index (χ1n) is 9.77. The second-order valence-corrected chi connectivity index (χ2v) is 7.68. The summed E-state index contributed by atoms with van der Waals surface area (Å²) in [6, 6.07) is 12.0. The molecule has 0 aromatic heterocycles. The van der Waals surface area contributed by atoms with Crippen LogP contribution in [0.4, 0.5) is 20.6 Å². The van der Waals surface area contributed by atoms with Crippen LogP contribution in [-0.4, -0.2) is 43.0 Å². The first kappa shape index (κ1) is 20.8. The van der Waals surface area contributed by atoms with Crippen molar-refractivity contribution in [2.45, 2.75) is 31.2 Å². The van der Waals surface area contributed by atoms with Gasteiger partial charge >= 0.3 is 6.03 Å². The first-order chi connectivity index (χ1) is 13.9. The maximum absolute atomic E-state index is 13.3. The Balaban J connectivity index is 1.59. The van der Waals surface area contributed by atoms with Crippen LogP contribution in [0.3, 0.4) is 0 Å². The molecular weight excluding hydrogens is 371 g/mol. The fourth-order valence-electron chi connectivity index (χ4n) is 3.74. The summed E-state index contributed by atoms with van der Waals surface area (Å²) in [5.41, 5.74) is 1.26. The highest BCUT2D eigenvalue weighted by atomic mass is 19.1. The predicted octanol–water partition coefficient (Wildman–Crippen LogP) is 4.07. The molecule has 3 amide bonds. The number of halogens is 1. The monoisotopic (exact) mass is 398 g/mol. The van der Waals surface area contributed by atoms with E-state index in [4.69, 9.17) is 0 Å². The minimum absolute atomic E-state index is 0.00400. The van der Waals surface area contributed by atoms with Crippen LogP contribution in [0.1, 0.15) is 36.0 Å². The van der Waals surface area contributed by atoms with Gasteiger partial charge in [0.25, 0.3) is 5.91 Å². The molecular formula is C22H27FN4O2. The zero-order valence-corrected chi connectivity index (χ0v) is 16.8. The van der Waals surface area contributed by atoms with Gasteiger partial charge in [-0.15, -0.1) is 0 Å². The summed E-state index contributed by atoms with van der Waals surface area (Å²) in [7, 11) is 4.09. The van der Waals surface area contributed by atoms with Crippen LogP contribution in [0, 0.1) is 5.82 Å². The fraction of sp³-hybridized carbons (Fsp3) is 0.364. The Labute approximate surface area is 170 Å². The standard InChI is InChI=1S/C22H27FN4O2/c1-27(2)22(11-3-4-12-22)15-24-21(29)26-18-9-5-7-16(13-18)20(28)25-19-10-6-8-17(23)14-19/h5-10,13-14H,3-4,11-12,15H2,1-2H3,(H,25,28)(H2,24,26,29). The predicted molar refractivity (Wildman–Crippen MR) is 113 cm³/mol. The third kappa shape index (κ3) is 5.32. The van der Waals surface area contributed by atoms with Gasteiger partial charge in [-0.2, -0.15) is 0 Å². The lowest BCUT2D eigenvalue weighted by atomic mass is 9.96. The minimum atomic E-state index is -0.423. The van der Waals surface area contributed by atoms with Crippen LogP contribution in [0.25, 0.3) is 0 Å². The van der Waals surface area contributed by atoms with Crippen molar-refractivity contribution in [3.05, 3.63) is 59.9 Å². The molecule has 3 N–H and O–H groups in total. The van der Waals surface area contributed by atoms with E-state index in [2.05, 4.69) is 20.9 Å². The van der Waals surface area contributed by atoms with Gasteiger partial charge in [-0.25, -0.2) is 9.18 Å². The van der Waals surface area contributed by atoms with Crippen molar-refractivity contribution >= 4 is 23.3 Å². The van der Waals surface area contributed by atoms with Gasteiger partial charge in [-0.05, 0) is 63.3 Å². The van der Waals surface area contributed by atoms with Crippen molar-refractivity contribution in [1.82, 2.24) is 10.2 Å². The van der Waals surface area contributed by atoms with Gasteiger partial charge in [0.05, 0.1) is 0 Å². The van der Waals surface area contributed by atoms with Crippen LogP contribution in [-0.2, 0) is 0 Å². The van der Waals surface area contributed by atoms with E-state index in [1.807, 2.05) is 14.1 Å². The Morgan fingerprint density at radius 1 is 1.00 bits per heavy atom. The molecule has 0 radical (unpaired) electrons. The van der Waals surface area contributed by atoms with Crippen LogP contribution in [0.5, 0.6) is 0 Å². The summed E-state index contributed by atoms with van der Waals surface area (Å²) >= 11 is 0. The zero-order valence-electron chi connectivity index (χ0n) is 16.8. The molecule has 2 aromatic rings. The van der Waals surface area contributed by atoms with E-state index < -0.39 is 5.82 Å². The van der Waals surface area contributed by atoms with Crippen molar-refractivity contribution in [3.8, 4) is 0 Å². The van der Waals surface area contributed by atoms with Crippen LogP contribution >= 0.6 is 0 Å². The SMILES string of the molecule is CN(C)C1(CNC(=O)Nc2cccc(C(=O)Nc3cccc(F)c3)c2)CCCC1. The largest absolute Gasteiger partial charge is 0.336 e. The van der Waals surface area contributed by atoms with E-state index in [0.29, 0.717) is 23.5 Å². The minimum Gasteiger partial charge on any atom is -0.336 e. The quantitative estimate of drug-likeness (QED) is 0.687. The fourth-order valence-corrected chi connectivity index (χ4v) is 3.74. The van der Waals surface area contributed by atoms with E-state index >= 15 is 0 Å². The first-order valence-corrected chi connectivity index (χ1v) is 9.77. The lowest BCUT2D eigenvalue weighted by molar-refractivity contribution is 0.102. The highest BCUT2D eigenvalue weighted by Crippen LogP contribution is 2.33. The molecule has 3 rings (SSSR count). The molecule has 2 aromatic carbocycles. The smallest absolute Gasteiger partial charge is 0.319 e. The second kappa shape index (κ2) is 9.05. The number of nitrogens with one attached hydrogen (secondary N) is 3. The van der Waals surface area contributed by atoms with Gasteiger partial charge < -0.3 is 20.9 Å². The van der Waals surface area contributed by atoms with E-state index in [1.165, 1.54) is 31.0 Å². The highest BCUT2D eigenvalue weighted by molar-refractivity contribution is 6.05. The Kier molecular flexibility index (Phi) is 6.49. The molecule has 0 bridgehead atoms. The van der Waals surface area contributed by atoms with E-state index in [1.54, 1.807) is 30.3 Å². The van der Waals surface area contributed by atoms with Gasteiger partial charge in [0.2, 0.25) is 0 Å². The third-order valence-electron chi connectivity index (χ3n) is 5.53. The number of hydrogen-bond acceptors (Lipinski definition) is 3. The molecule has 0 spiro atoms. The summed E-state index contributed by atoms with van der Waals surface area (Å²) in [6.45, 7) is 0.575. The molecule has 6 nitrogen and oxygen atoms in total. The number of carbonyl (C=O) groups is 2. The molecule has 1 aliphatic rings. The normalized spacial score (nSPS) is 15.2. The molecule has 1 fully saturated rings. The summed E-state index contributed by atoms with van der Waals surface area (Å²) in [5, 5.41) is 8.38. The molecule has 0 aliphatic heterocycles. The van der Waals surface area contributed by atoms with Crippen molar-refractivity contribution in [3.63, 3.8) is 0 Å². The number of benzene rings is 2. The lowest BCUT2D eigenvalue weighted by Crippen LogP contribution is -2.51. The van der Waals surface area contributed by atoms with Gasteiger partial charge in [-0.3, -0.25) is 4.79 Å². The lowest BCUT2D eigenvalue weighted by Gasteiger charge is -2.36. The summed E-state index contributed by atoms with van der Waals surface area (Å²) in [5.74, 6) is -0.801. The van der Waals surface area contributed by atoms with Crippen molar-refractivity contribution < 1.29 is 14.0 Å². The van der Waals surface area contributed by atoms with Crippen molar-refractivity contribution in [1.29, 1.82) is 0 Å². The molecule has 0 saturated heterocycles. The van der Waals surface area contributed by atoms with Crippen LogP contribution in [0.2, 0.25) is 0 Å².